The summed E-state index contributed by atoms with van der Waals surface area (Å²) in [4.78, 5) is 62.3. The number of sulfonamides is 1. The zero-order valence-corrected chi connectivity index (χ0v) is 33.0. The van der Waals surface area contributed by atoms with E-state index in [0.717, 1.165) is 25.7 Å². The van der Waals surface area contributed by atoms with Crippen molar-refractivity contribution >= 4 is 44.6 Å². The molecule has 0 spiro atoms. The second-order valence-corrected chi connectivity index (χ2v) is 19.4. The van der Waals surface area contributed by atoms with Crippen LogP contribution in [0, 0.1) is 29.6 Å². The molecular formula is C40H47F2N5O10S. The molecule has 1 aromatic heterocycles. The number of allylic oxidation sites excluding steroid dienone is 1. The van der Waals surface area contributed by atoms with Gasteiger partial charge in [0.05, 0.1) is 11.8 Å². The van der Waals surface area contributed by atoms with Crippen LogP contribution in [-0.4, -0.2) is 90.0 Å². The van der Waals surface area contributed by atoms with E-state index < -0.39 is 75.0 Å². The number of benzene rings is 1. The van der Waals surface area contributed by atoms with Crippen molar-refractivity contribution in [3.63, 3.8) is 0 Å². The minimum atomic E-state index is -3.95. The molecule has 7 aliphatic rings. The fourth-order valence-electron chi connectivity index (χ4n) is 9.45. The van der Waals surface area contributed by atoms with E-state index in [1.807, 2.05) is 19.1 Å². The smallest absolute Gasteiger partial charge is 0.472 e. The number of nitrogens with zero attached hydrogens (tertiary/aromatic N) is 2. The Morgan fingerprint density at radius 3 is 2.52 bits per heavy atom. The van der Waals surface area contributed by atoms with Crippen molar-refractivity contribution in [1.82, 2.24) is 25.2 Å². The molecule has 0 radical (unpaired) electrons. The average molecular weight is 828 g/mol. The molecule has 3 N–H and O–H groups in total. The number of fused-ring (bicyclic) bond motifs is 6. The molecule has 10 atom stereocenters. The van der Waals surface area contributed by atoms with Crippen molar-refractivity contribution in [2.45, 2.75) is 119 Å². The molecule has 4 saturated carbocycles. The Hall–Kier alpha value is -4.74. The van der Waals surface area contributed by atoms with Crippen molar-refractivity contribution < 1.29 is 55.3 Å². The quantitative estimate of drug-likeness (QED) is 0.338. The van der Waals surface area contributed by atoms with Gasteiger partial charge in [-0.1, -0.05) is 26.0 Å². The molecule has 9 rings (SSSR count). The fourth-order valence-corrected chi connectivity index (χ4v) is 10.8. The monoisotopic (exact) mass is 827 g/mol. The summed E-state index contributed by atoms with van der Waals surface area (Å²) < 4.78 is 77.6. The van der Waals surface area contributed by atoms with Crippen molar-refractivity contribution in [2.24, 2.45) is 29.6 Å². The highest BCUT2D eigenvalue weighted by Crippen LogP contribution is 2.53. The number of halogens is 2. The molecule has 4 heterocycles. The van der Waals surface area contributed by atoms with E-state index in [0.29, 0.717) is 42.9 Å². The summed E-state index contributed by atoms with van der Waals surface area (Å²) in [5.74, 6) is -2.04. The number of hydrogen-bond acceptors (Lipinski definition) is 11. The lowest BCUT2D eigenvalue weighted by atomic mass is 9.88. The van der Waals surface area contributed by atoms with Gasteiger partial charge in [0.2, 0.25) is 27.7 Å². The van der Waals surface area contributed by atoms with E-state index in [2.05, 4.69) is 32.0 Å². The molecule has 0 bridgehead atoms. The van der Waals surface area contributed by atoms with Crippen LogP contribution in [0.2, 0.25) is 0 Å². The maximum Gasteiger partial charge on any atom is 0.586 e. The molecule has 4 amide bonds. The zero-order valence-electron chi connectivity index (χ0n) is 32.2. The number of hydrogen-bond donors (Lipinski definition) is 3. The molecule has 18 heteroatoms. The Balaban J connectivity index is 1.02. The highest BCUT2D eigenvalue weighted by molar-refractivity contribution is 7.91. The van der Waals surface area contributed by atoms with Crippen LogP contribution < -0.4 is 29.6 Å². The van der Waals surface area contributed by atoms with Crippen molar-refractivity contribution in [3.8, 4) is 17.4 Å². The number of alkyl halides is 2. The standard InChI is InChI=1S/C40H47F2N5O10S/c1-20-5-3-4-6-24-18-39(24,37(50)46-58(52,53)27-7-8-27)45-34(48)30-17-26(54-35-29-9-10-31-33(28(29)11-12-43-35)57-40(41,42)56-31)19-47(30)36(49)32(21(2)13-20)44-38(51)55-25-15-22-14-23(22)16-25/h4,6,9-12,20-27,30,32H,3,5,7-8,13-19H2,1-2H3,(H,44,51)(H,45,48)(H,46,50)/b6-4-/t20-,21-,22-,23+,24?,25?,26-,30+,32+,39-/m1/s1. The minimum absolute atomic E-state index is 0.0308. The molecule has 58 heavy (non-hydrogen) atoms. The lowest BCUT2D eigenvalue weighted by molar-refractivity contribution is -0.286. The lowest BCUT2D eigenvalue weighted by Crippen LogP contribution is -2.59. The molecule has 3 aliphatic heterocycles. The summed E-state index contributed by atoms with van der Waals surface area (Å²) in [7, 11) is -3.95. The number of pyridine rings is 1. The van der Waals surface area contributed by atoms with Gasteiger partial charge in [0.25, 0.3) is 5.91 Å². The molecule has 15 nitrogen and oxygen atoms in total. The maximum absolute atomic E-state index is 14.9. The van der Waals surface area contributed by atoms with Crippen LogP contribution in [0.3, 0.4) is 0 Å². The fraction of sp³-hybridized carbons (Fsp3) is 0.625. The van der Waals surface area contributed by atoms with Crippen LogP contribution in [0.5, 0.6) is 17.4 Å². The Morgan fingerprint density at radius 1 is 0.983 bits per heavy atom. The lowest BCUT2D eigenvalue weighted by Gasteiger charge is -2.33. The van der Waals surface area contributed by atoms with E-state index >= 15 is 0 Å². The van der Waals surface area contributed by atoms with Gasteiger partial charge in [-0.25, -0.2) is 18.2 Å². The van der Waals surface area contributed by atoms with E-state index in [9.17, 15) is 36.4 Å². The third-order valence-corrected chi connectivity index (χ3v) is 14.7. The summed E-state index contributed by atoms with van der Waals surface area (Å²) in [6, 6.07) is 1.96. The maximum atomic E-state index is 14.9. The molecule has 2 aromatic rings. The third kappa shape index (κ3) is 7.52. The number of carbonyl (C=O) groups is 4. The summed E-state index contributed by atoms with van der Waals surface area (Å²) in [5, 5.41) is 5.59. The summed E-state index contributed by atoms with van der Waals surface area (Å²) in [5.41, 5.74) is -1.58. The van der Waals surface area contributed by atoms with Crippen LogP contribution in [0.15, 0.2) is 36.5 Å². The summed E-state index contributed by atoms with van der Waals surface area (Å²) >= 11 is 0. The molecular weight excluding hydrogens is 781 g/mol. The summed E-state index contributed by atoms with van der Waals surface area (Å²) in [6.45, 7) is 3.79. The highest BCUT2D eigenvalue weighted by Gasteiger charge is 2.62. The number of rotatable bonds is 7. The topological polar surface area (TPSA) is 192 Å². The Kier molecular flexibility index (Phi) is 9.50. The van der Waals surface area contributed by atoms with E-state index in [1.54, 1.807) is 0 Å². The zero-order chi connectivity index (χ0) is 40.7. The van der Waals surface area contributed by atoms with Crippen molar-refractivity contribution in [3.05, 3.63) is 36.5 Å². The van der Waals surface area contributed by atoms with Gasteiger partial charge in [0.1, 0.15) is 29.8 Å². The van der Waals surface area contributed by atoms with Gasteiger partial charge in [-0.15, -0.1) is 8.78 Å². The number of nitrogens with one attached hydrogen (secondary N) is 3. The van der Waals surface area contributed by atoms with E-state index in [-0.39, 0.29) is 60.1 Å². The molecule has 2 unspecified atom stereocenters. The summed E-state index contributed by atoms with van der Waals surface area (Å²) in [6.07, 6.45) is 5.06. The molecule has 1 saturated heterocycles. The number of ether oxygens (including phenoxy) is 4. The van der Waals surface area contributed by atoms with Gasteiger partial charge in [0, 0.05) is 29.3 Å². The predicted octanol–water partition coefficient (Wildman–Crippen LogP) is 4.29. The van der Waals surface area contributed by atoms with Crippen molar-refractivity contribution in [1.29, 1.82) is 0 Å². The Morgan fingerprint density at radius 2 is 1.76 bits per heavy atom. The second-order valence-electron chi connectivity index (χ2n) is 17.4. The average Bonchev–Trinajstić information content (AvgIpc) is 4.12. The first kappa shape index (κ1) is 38.8. The number of carbonyl (C=O) groups excluding carboxylic acids is 4. The normalized spacial score (nSPS) is 35.7. The van der Waals surface area contributed by atoms with Gasteiger partial charge >= 0.3 is 12.4 Å². The number of alkyl carbamates (subject to hydrolysis) is 1. The minimum Gasteiger partial charge on any atom is -0.472 e. The largest absolute Gasteiger partial charge is 0.586 e. The first-order valence-corrected chi connectivity index (χ1v) is 21.8. The van der Waals surface area contributed by atoms with Crippen LogP contribution >= 0.6 is 0 Å². The second kappa shape index (κ2) is 14.2. The van der Waals surface area contributed by atoms with Gasteiger partial charge < -0.3 is 34.5 Å². The number of amides is 4. The first-order chi connectivity index (χ1) is 27.6. The van der Waals surface area contributed by atoms with E-state index in [1.165, 1.54) is 29.3 Å². The van der Waals surface area contributed by atoms with Gasteiger partial charge in [-0.2, -0.15) is 0 Å². The SMILES string of the molecule is C[C@@H]1CC/C=C\C2C[C@@]2(C(=O)NS(=O)(=O)C2CC2)NC(=O)[C@@H]2C[C@@H](Oc3nccc4c5c(ccc34)OC(F)(F)O5)CN2C(=O)[C@@H](NC(=O)OC2C[C@@H]3C[C@@H]3C2)[C@H](C)C1. The highest BCUT2D eigenvalue weighted by atomic mass is 32.2. The molecule has 1 aromatic carbocycles. The first-order valence-electron chi connectivity index (χ1n) is 20.3. The Bertz CT molecular complexity index is 2180. The molecule has 5 fully saturated rings. The van der Waals surface area contributed by atoms with Crippen LogP contribution in [-0.2, 0) is 29.1 Å². The van der Waals surface area contributed by atoms with Crippen molar-refractivity contribution in [2.75, 3.05) is 6.54 Å². The van der Waals surface area contributed by atoms with Crippen LogP contribution in [0.4, 0.5) is 13.6 Å². The van der Waals surface area contributed by atoms with Crippen LogP contribution in [0.25, 0.3) is 10.8 Å². The third-order valence-electron chi connectivity index (χ3n) is 12.9. The van der Waals surface area contributed by atoms with Gasteiger partial charge in [0.15, 0.2) is 11.5 Å². The van der Waals surface area contributed by atoms with Gasteiger partial charge in [-0.3, -0.25) is 19.1 Å². The number of aromatic nitrogens is 1. The molecule has 4 aliphatic carbocycles. The molecule has 312 valence electrons. The van der Waals surface area contributed by atoms with Gasteiger partial charge in [-0.05, 0) is 99.7 Å². The predicted molar refractivity (Wildman–Crippen MR) is 201 cm³/mol. The Labute approximate surface area is 334 Å². The van der Waals surface area contributed by atoms with E-state index in [4.69, 9.17) is 14.2 Å². The van der Waals surface area contributed by atoms with Crippen LogP contribution in [0.1, 0.15) is 78.1 Å².